The van der Waals surface area contributed by atoms with Crippen LogP contribution in [0.3, 0.4) is 0 Å². The van der Waals surface area contributed by atoms with E-state index in [9.17, 15) is 0 Å². The third-order valence-corrected chi connectivity index (χ3v) is 6.33. The van der Waals surface area contributed by atoms with Gasteiger partial charge in [-0.3, -0.25) is 0 Å². The Kier molecular flexibility index (Phi) is 5.46. The Labute approximate surface area is 141 Å². The quantitative estimate of drug-likeness (QED) is 0.689. The van der Waals surface area contributed by atoms with Gasteiger partial charge in [0.05, 0.1) is 0 Å². The van der Waals surface area contributed by atoms with E-state index in [1.165, 1.54) is 70.9 Å². The maximum atomic E-state index is 2.87. The van der Waals surface area contributed by atoms with Crippen LogP contribution in [0.25, 0.3) is 0 Å². The third-order valence-electron chi connectivity index (χ3n) is 6.33. The zero-order chi connectivity index (χ0) is 14.1. The zero-order valence-corrected chi connectivity index (χ0v) is 14.5. The van der Waals surface area contributed by atoms with Gasteiger partial charge in [0, 0.05) is 12.6 Å². The van der Waals surface area contributed by atoms with Crippen molar-refractivity contribution in [1.29, 1.82) is 0 Å². The molecular weight excluding hydrogens is 290 g/mol. The predicted octanol–water partition coefficient (Wildman–Crippen LogP) is 5.18. The maximum Gasteiger partial charge on any atom is 0.00953 e. The predicted molar refractivity (Wildman–Crippen MR) is 95.9 cm³/mol. The highest BCUT2D eigenvalue weighted by Crippen LogP contribution is 2.41. The lowest BCUT2D eigenvalue weighted by Crippen LogP contribution is -2.45. The van der Waals surface area contributed by atoms with Crippen molar-refractivity contribution in [2.75, 3.05) is 13.1 Å². The summed E-state index contributed by atoms with van der Waals surface area (Å²) < 4.78 is 0. The van der Waals surface area contributed by atoms with Gasteiger partial charge in [-0.2, -0.15) is 0 Å². The summed E-state index contributed by atoms with van der Waals surface area (Å²) in [6.07, 6.45) is 12.9. The first-order valence-corrected chi connectivity index (χ1v) is 9.23. The van der Waals surface area contributed by atoms with Gasteiger partial charge < -0.3 is 4.90 Å². The molecule has 1 nitrogen and oxygen atoms in total. The molecule has 0 spiro atoms. The summed E-state index contributed by atoms with van der Waals surface area (Å²) in [6.45, 7) is 2.73. The van der Waals surface area contributed by atoms with Gasteiger partial charge in [0.1, 0.15) is 0 Å². The molecule has 1 aromatic carbocycles. The minimum absolute atomic E-state index is 0. The Morgan fingerprint density at radius 2 is 1.68 bits per heavy atom. The summed E-state index contributed by atoms with van der Waals surface area (Å²) in [7, 11) is 0. The molecule has 4 rings (SSSR count). The van der Waals surface area contributed by atoms with E-state index in [0.717, 1.165) is 17.9 Å². The molecule has 22 heavy (non-hydrogen) atoms. The van der Waals surface area contributed by atoms with Crippen molar-refractivity contribution in [3.8, 4) is 0 Å². The van der Waals surface area contributed by atoms with E-state index in [1.807, 2.05) is 0 Å². The summed E-state index contributed by atoms with van der Waals surface area (Å²) in [5.41, 5.74) is 3.35. The first-order chi connectivity index (χ1) is 10.4. The van der Waals surface area contributed by atoms with Crippen LogP contribution < -0.4 is 0 Å². The van der Waals surface area contributed by atoms with Gasteiger partial charge in [-0.05, 0) is 68.0 Å². The minimum atomic E-state index is 0. The van der Waals surface area contributed by atoms with Gasteiger partial charge in [0.25, 0.3) is 0 Å². The van der Waals surface area contributed by atoms with E-state index in [-0.39, 0.29) is 12.4 Å². The molecule has 2 fully saturated rings. The Hall–Kier alpha value is -0.530. The smallest absolute Gasteiger partial charge is 0.00953 e. The van der Waals surface area contributed by atoms with E-state index in [2.05, 4.69) is 29.2 Å². The Bertz CT molecular complexity index is 480. The second kappa shape index (κ2) is 7.36. The van der Waals surface area contributed by atoms with E-state index in [0.29, 0.717) is 0 Å². The molecule has 2 aliphatic carbocycles. The molecule has 2 unspecified atom stereocenters. The summed E-state index contributed by atoms with van der Waals surface area (Å²) in [6, 6.07) is 10.2. The van der Waals surface area contributed by atoms with Gasteiger partial charge >= 0.3 is 0 Å². The molecular formula is C20H30ClN. The number of likely N-dealkylation sites (tertiary alicyclic amines) is 1. The number of benzene rings is 1. The van der Waals surface area contributed by atoms with Crippen LogP contribution in [0.15, 0.2) is 24.3 Å². The van der Waals surface area contributed by atoms with Crippen LogP contribution in [-0.2, 0) is 6.42 Å². The molecule has 1 heterocycles. The molecule has 0 bridgehead atoms. The summed E-state index contributed by atoms with van der Waals surface area (Å²) in [5, 5.41) is 0. The van der Waals surface area contributed by atoms with Crippen LogP contribution in [0.2, 0.25) is 0 Å². The van der Waals surface area contributed by atoms with Gasteiger partial charge in [-0.15, -0.1) is 12.4 Å². The first-order valence-electron chi connectivity index (χ1n) is 9.23. The van der Waals surface area contributed by atoms with Crippen molar-refractivity contribution in [3.05, 3.63) is 35.4 Å². The van der Waals surface area contributed by atoms with Crippen LogP contribution in [0, 0.1) is 5.92 Å². The van der Waals surface area contributed by atoms with Crippen molar-refractivity contribution >= 4 is 12.4 Å². The SMILES string of the molecule is Cl.c1ccc2c(c1)CCCC1CN(C3CCCCC3)CCC21. The van der Waals surface area contributed by atoms with Crippen molar-refractivity contribution in [2.45, 2.75) is 69.7 Å². The molecule has 0 radical (unpaired) electrons. The molecule has 1 saturated carbocycles. The van der Waals surface area contributed by atoms with Crippen molar-refractivity contribution in [3.63, 3.8) is 0 Å². The molecule has 1 aromatic rings. The fourth-order valence-electron chi connectivity index (χ4n) is 5.22. The Balaban J connectivity index is 0.00000144. The number of piperidine rings is 1. The maximum absolute atomic E-state index is 2.87. The van der Waals surface area contributed by atoms with Crippen molar-refractivity contribution < 1.29 is 0 Å². The molecule has 1 aliphatic heterocycles. The zero-order valence-electron chi connectivity index (χ0n) is 13.7. The van der Waals surface area contributed by atoms with Crippen molar-refractivity contribution in [1.82, 2.24) is 4.90 Å². The number of aryl methyl sites for hydroxylation is 1. The highest BCUT2D eigenvalue weighted by molar-refractivity contribution is 5.85. The third kappa shape index (κ3) is 3.21. The molecule has 0 aromatic heterocycles. The average Bonchev–Trinajstić information content (AvgIpc) is 2.74. The number of hydrogen-bond donors (Lipinski definition) is 0. The van der Waals surface area contributed by atoms with E-state index < -0.39 is 0 Å². The molecule has 3 aliphatic rings. The Morgan fingerprint density at radius 3 is 2.55 bits per heavy atom. The van der Waals surface area contributed by atoms with E-state index in [1.54, 1.807) is 11.1 Å². The van der Waals surface area contributed by atoms with Crippen LogP contribution in [-0.4, -0.2) is 24.0 Å². The standard InChI is InChI=1S/C20H29N.ClH/c1-2-10-18(11-3-1)21-14-13-20-17(15-21)9-6-8-16-7-4-5-12-19(16)20;/h4-5,7,12,17-18,20H,1-3,6,8-11,13-15H2;1H. The monoisotopic (exact) mass is 319 g/mol. The lowest BCUT2D eigenvalue weighted by molar-refractivity contribution is 0.0831. The largest absolute Gasteiger partial charge is 0.300 e. The summed E-state index contributed by atoms with van der Waals surface area (Å²) in [5.74, 6) is 1.77. The molecule has 1 saturated heterocycles. The molecule has 0 amide bonds. The van der Waals surface area contributed by atoms with Crippen molar-refractivity contribution in [2.24, 2.45) is 5.92 Å². The Morgan fingerprint density at radius 1 is 0.864 bits per heavy atom. The lowest BCUT2D eigenvalue weighted by atomic mass is 9.78. The number of nitrogens with zero attached hydrogens (tertiary/aromatic N) is 1. The second-order valence-electron chi connectivity index (χ2n) is 7.53. The van der Waals surface area contributed by atoms with Gasteiger partial charge in [-0.1, -0.05) is 43.5 Å². The highest BCUT2D eigenvalue weighted by atomic mass is 35.5. The summed E-state index contributed by atoms with van der Waals surface area (Å²) in [4.78, 5) is 2.87. The number of hydrogen-bond acceptors (Lipinski definition) is 1. The number of fused-ring (bicyclic) bond motifs is 3. The van der Waals surface area contributed by atoms with Gasteiger partial charge in [0.15, 0.2) is 0 Å². The molecule has 122 valence electrons. The minimum Gasteiger partial charge on any atom is -0.300 e. The summed E-state index contributed by atoms with van der Waals surface area (Å²) >= 11 is 0. The first kappa shape index (κ1) is 16.3. The molecule has 2 heteroatoms. The van der Waals surface area contributed by atoms with E-state index >= 15 is 0 Å². The van der Waals surface area contributed by atoms with Gasteiger partial charge in [0.2, 0.25) is 0 Å². The topological polar surface area (TPSA) is 3.24 Å². The van der Waals surface area contributed by atoms with Crippen LogP contribution in [0.5, 0.6) is 0 Å². The van der Waals surface area contributed by atoms with E-state index in [4.69, 9.17) is 0 Å². The van der Waals surface area contributed by atoms with Crippen LogP contribution >= 0.6 is 12.4 Å². The van der Waals surface area contributed by atoms with Crippen LogP contribution in [0.4, 0.5) is 0 Å². The molecule has 2 atom stereocenters. The fourth-order valence-corrected chi connectivity index (χ4v) is 5.22. The molecule has 0 N–H and O–H groups in total. The lowest BCUT2D eigenvalue weighted by Gasteiger charge is -2.43. The average molecular weight is 320 g/mol. The fraction of sp³-hybridized carbons (Fsp3) is 0.700. The second-order valence-corrected chi connectivity index (χ2v) is 7.53. The van der Waals surface area contributed by atoms with Crippen LogP contribution in [0.1, 0.15) is 68.4 Å². The number of rotatable bonds is 1. The number of halogens is 1. The van der Waals surface area contributed by atoms with Gasteiger partial charge in [-0.25, -0.2) is 0 Å². The highest BCUT2D eigenvalue weighted by Gasteiger charge is 2.35. The normalized spacial score (nSPS) is 29.8.